The summed E-state index contributed by atoms with van der Waals surface area (Å²) in [6.45, 7) is 3.22. The van der Waals surface area contributed by atoms with E-state index in [2.05, 4.69) is 22.3 Å². The van der Waals surface area contributed by atoms with Crippen LogP contribution >= 0.6 is 0 Å². The molecule has 0 bridgehead atoms. The molecular formula is C12H14N2O2. The number of alkyl carbamates (subject to hydrolysis) is 1. The maximum Gasteiger partial charge on any atom is 0.407 e. The molecule has 0 atom stereocenters. The van der Waals surface area contributed by atoms with Gasteiger partial charge in [0.1, 0.15) is 12.1 Å². The summed E-state index contributed by atoms with van der Waals surface area (Å²) in [5.41, 5.74) is 1.20. The summed E-state index contributed by atoms with van der Waals surface area (Å²) in [7, 11) is 0. The van der Waals surface area contributed by atoms with Crippen molar-refractivity contribution in [2.75, 3.05) is 19.7 Å². The molecule has 2 aliphatic rings. The maximum absolute atomic E-state index is 11.0. The Morgan fingerprint density at radius 3 is 2.69 bits per heavy atom. The van der Waals surface area contributed by atoms with Crippen molar-refractivity contribution >= 4 is 6.09 Å². The number of hydrogen-bond acceptors (Lipinski definition) is 3. The van der Waals surface area contributed by atoms with Gasteiger partial charge in [-0.15, -0.1) is 0 Å². The van der Waals surface area contributed by atoms with E-state index in [4.69, 9.17) is 4.74 Å². The molecule has 0 unspecified atom stereocenters. The summed E-state index contributed by atoms with van der Waals surface area (Å²) >= 11 is 0. The topological polar surface area (TPSA) is 41.6 Å². The average Bonchev–Trinajstić information content (AvgIpc) is 2.62. The highest BCUT2D eigenvalue weighted by Crippen LogP contribution is 2.26. The summed E-state index contributed by atoms with van der Waals surface area (Å²) in [5, 5.41) is 2.88. The number of cyclic esters (lactones) is 1. The van der Waals surface area contributed by atoms with Gasteiger partial charge in [-0.2, -0.15) is 0 Å². The molecule has 0 saturated carbocycles. The number of carbonyl (C=O) groups is 1. The first-order valence-electron chi connectivity index (χ1n) is 5.47. The first-order valence-corrected chi connectivity index (χ1v) is 5.47. The normalized spacial score (nSPS) is 22.6. The van der Waals surface area contributed by atoms with E-state index in [1.165, 1.54) is 5.56 Å². The van der Waals surface area contributed by atoms with Crippen molar-refractivity contribution in [2.45, 2.75) is 12.1 Å². The van der Waals surface area contributed by atoms with E-state index in [-0.39, 0.29) is 11.6 Å². The van der Waals surface area contributed by atoms with Crippen LogP contribution in [0.2, 0.25) is 0 Å². The highest BCUT2D eigenvalue weighted by Gasteiger charge is 2.49. The smallest absolute Gasteiger partial charge is 0.407 e. The standard InChI is InChI=1S/C12H14N2O2/c15-11-13-12(9-16-11)7-14(8-12)6-10-4-2-1-3-5-10/h1-5H,6-9H2,(H,13,15). The van der Waals surface area contributed by atoms with Crippen molar-refractivity contribution in [1.29, 1.82) is 0 Å². The predicted octanol–water partition coefficient (Wildman–Crippen LogP) is 0.981. The third-order valence-electron chi connectivity index (χ3n) is 3.15. The lowest BCUT2D eigenvalue weighted by molar-refractivity contribution is 0.0395. The van der Waals surface area contributed by atoms with E-state index in [0.29, 0.717) is 6.61 Å². The van der Waals surface area contributed by atoms with Gasteiger partial charge in [0.2, 0.25) is 0 Å². The van der Waals surface area contributed by atoms with Crippen molar-refractivity contribution in [1.82, 2.24) is 10.2 Å². The molecule has 1 N–H and O–H groups in total. The van der Waals surface area contributed by atoms with Gasteiger partial charge in [0.15, 0.2) is 0 Å². The molecule has 84 valence electrons. The monoisotopic (exact) mass is 218 g/mol. The lowest BCUT2D eigenvalue weighted by atomic mass is 9.91. The van der Waals surface area contributed by atoms with E-state index >= 15 is 0 Å². The van der Waals surface area contributed by atoms with Crippen molar-refractivity contribution in [2.24, 2.45) is 0 Å². The third kappa shape index (κ3) is 1.65. The molecule has 4 heteroatoms. The second kappa shape index (κ2) is 3.49. The van der Waals surface area contributed by atoms with Gasteiger partial charge in [-0.3, -0.25) is 4.90 Å². The Morgan fingerprint density at radius 1 is 1.31 bits per heavy atom. The molecule has 2 aliphatic heterocycles. The highest BCUT2D eigenvalue weighted by molar-refractivity contribution is 5.71. The quantitative estimate of drug-likeness (QED) is 0.804. The molecule has 2 saturated heterocycles. The predicted molar refractivity (Wildman–Crippen MR) is 58.9 cm³/mol. The molecule has 4 nitrogen and oxygen atoms in total. The van der Waals surface area contributed by atoms with Gasteiger partial charge < -0.3 is 10.1 Å². The number of rotatable bonds is 2. The first-order chi connectivity index (χ1) is 7.76. The molecule has 1 aromatic carbocycles. The van der Waals surface area contributed by atoms with Gasteiger partial charge in [-0.05, 0) is 5.56 Å². The molecule has 0 aliphatic carbocycles. The van der Waals surface area contributed by atoms with Crippen LogP contribution < -0.4 is 5.32 Å². The Balaban J connectivity index is 1.56. The van der Waals surface area contributed by atoms with Crippen molar-refractivity contribution < 1.29 is 9.53 Å². The molecule has 3 rings (SSSR count). The Bertz CT molecular complexity index is 399. The fourth-order valence-electron chi connectivity index (χ4n) is 2.43. The minimum atomic E-state index is -0.278. The number of likely N-dealkylation sites (tertiary alicyclic amines) is 1. The number of ether oxygens (including phenoxy) is 1. The zero-order valence-corrected chi connectivity index (χ0v) is 8.98. The molecule has 16 heavy (non-hydrogen) atoms. The maximum atomic E-state index is 11.0. The molecule has 1 aromatic rings. The van der Waals surface area contributed by atoms with E-state index in [1.807, 2.05) is 18.2 Å². The average molecular weight is 218 g/mol. The number of nitrogens with one attached hydrogen (secondary N) is 1. The summed E-state index contributed by atoms with van der Waals surface area (Å²) in [6, 6.07) is 10.4. The van der Waals surface area contributed by atoms with Crippen LogP contribution in [-0.4, -0.2) is 36.2 Å². The second-order valence-corrected chi connectivity index (χ2v) is 4.61. The SMILES string of the molecule is O=C1NC2(CO1)CN(Cc1ccccc1)C2. The van der Waals surface area contributed by atoms with Gasteiger partial charge in [0.05, 0.1) is 0 Å². The lowest BCUT2D eigenvalue weighted by Gasteiger charge is -2.46. The van der Waals surface area contributed by atoms with Crippen molar-refractivity contribution in [3.8, 4) is 0 Å². The van der Waals surface area contributed by atoms with Crippen LogP contribution in [0.5, 0.6) is 0 Å². The second-order valence-electron chi connectivity index (χ2n) is 4.61. The molecule has 2 heterocycles. The first kappa shape index (κ1) is 9.66. The van der Waals surface area contributed by atoms with Crippen LogP contribution in [0.1, 0.15) is 5.56 Å². The minimum Gasteiger partial charge on any atom is -0.447 e. The van der Waals surface area contributed by atoms with Crippen LogP contribution in [-0.2, 0) is 11.3 Å². The molecule has 0 radical (unpaired) electrons. The summed E-state index contributed by atoms with van der Waals surface area (Å²) in [5.74, 6) is 0. The van der Waals surface area contributed by atoms with Crippen LogP contribution in [0.25, 0.3) is 0 Å². The molecule has 0 aromatic heterocycles. The third-order valence-corrected chi connectivity index (χ3v) is 3.15. The molecular weight excluding hydrogens is 204 g/mol. The fraction of sp³-hybridized carbons (Fsp3) is 0.417. The lowest BCUT2D eigenvalue weighted by Crippen LogP contribution is -2.68. The van der Waals surface area contributed by atoms with Gasteiger partial charge >= 0.3 is 6.09 Å². The zero-order valence-electron chi connectivity index (χ0n) is 8.98. The van der Waals surface area contributed by atoms with E-state index in [9.17, 15) is 4.79 Å². The molecule has 1 spiro atoms. The zero-order chi connectivity index (χ0) is 11.0. The molecule has 1 amide bonds. The van der Waals surface area contributed by atoms with E-state index < -0.39 is 0 Å². The Hall–Kier alpha value is -1.55. The summed E-state index contributed by atoms with van der Waals surface area (Å²) in [4.78, 5) is 13.3. The number of nitrogens with zero attached hydrogens (tertiary/aromatic N) is 1. The van der Waals surface area contributed by atoms with Gasteiger partial charge in [-0.1, -0.05) is 30.3 Å². The van der Waals surface area contributed by atoms with Crippen LogP contribution in [0.3, 0.4) is 0 Å². The van der Waals surface area contributed by atoms with Crippen LogP contribution in [0, 0.1) is 0 Å². The molecule has 2 fully saturated rings. The number of benzene rings is 1. The van der Waals surface area contributed by atoms with Gasteiger partial charge in [0.25, 0.3) is 0 Å². The summed E-state index contributed by atoms with van der Waals surface area (Å²) < 4.78 is 4.93. The van der Waals surface area contributed by atoms with E-state index in [1.54, 1.807) is 0 Å². The van der Waals surface area contributed by atoms with Gasteiger partial charge in [0, 0.05) is 19.6 Å². The largest absolute Gasteiger partial charge is 0.447 e. The van der Waals surface area contributed by atoms with Crippen LogP contribution in [0.15, 0.2) is 30.3 Å². The number of carbonyl (C=O) groups excluding carboxylic acids is 1. The number of hydrogen-bond donors (Lipinski definition) is 1. The Labute approximate surface area is 94.2 Å². The minimum absolute atomic E-state index is 0.105. The summed E-state index contributed by atoms with van der Waals surface area (Å²) in [6.07, 6.45) is -0.278. The van der Waals surface area contributed by atoms with E-state index in [0.717, 1.165) is 19.6 Å². The Morgan fingerprint density at radius 2 is 2.06 bits per heavy atom. The van der Waals surface area contributed by atoms with Gasteiger partial charge in [-0.25, -0.2) is 4.79 Å². The van der Waals surface area contributed by atoms with Crippen molar-refractivity contribution in [3.05, 3.63) is 35.9 Å². The Kier molecular flexibility index (Phi) is 2.11. The van der Waals surface area contributed by atoms with Crippen molar-refractivity contribution in [3.63, 3.8) is 0 Å². The fourth-order valence-corrected chi connectivity index (χ4v) is 2.43. The highest BCUT2D eigenvalue weighted by atomic mass is 16.6. The number of amides is 1. The van der Waals surface area contributed by atoms with Crippen LogP contribution in [0.4, 0.5) is 4.79 Å².